The Balaban J connectivity index is 1.52. The largest absolute Gasteiger partial charge is 0.379 e. The molecule has 6 nitrogen and oxygen atoms in total. The van der Waals surface area contributed by atoms with Crippen LogP contribution in [-0.4, -0.2) is 76.1 Å². The molecule has 0 aromatic rings. The first kappa shape index (κ1) is 22.4. The zero-order chi connectivity index (χ0) is 19.3. The van der Waals surface area contributed by atoms with Gasteiger partial charge >= 0.3 is 0 Å². The van der Waals surface area contributed by atoms with Gasteiger partial charge in [-0.25, -0.2) is 0 Å². The lowest BCUT2D eigenvalue weighted by molar-refractivity contribution is 0.0424. The first-order valence-corrected chi connectivity index (χ1v) is 11.1. The monoisotopic (exact) mass is 382 g/mol. The van der Waals surface area contributed by atoms with Crippen LogP contribution in [0, 0.1) is 11.8 Å². The minimum atomic E-state index is 0.297. The summed E-state index contributed by atoms with van der Waals surface area (Å²) in [6.07, 6.45) is 6.12. The molecule has 2 rings (SSSR count). The molecule has 0 bridgehead atoms. The van der Waals surface area contributed by atoms with E-state index in [4.69, 9.17) is 9.47 Å². The van der Waals surface area contributed by atoms with Crippen LogP contribution in [0.15, 0.2) is 4.99 Å². The molecule has 2 aliphatic heterocycles. The highest BCUT2D eigenvalue weighted by Gasteiger charge is 2.20. The minimum Gasteiger partial charge on any atom is -0.379 e. The number of likely N-dealkylation sites (tertiary alicyclic amines) is 1. The van der Waals surface area contributed by atoms with E-state index >= 15 is 0 Å². The third-order valence-electron chi connectivity index (χ3n) is 5.30. The van der Waals surface area contributed by atoms with Gasteiger partial charge in [-0.2, -0.15) is 0 Å². The molecule has 0 aliphatic carbocycles. The van der Waals surface area contributed by atoms with Crippen molar-refractivity contribution in [2.75, 3.05) is 59.1 Å². The Morgan fingerprint density at radius 2 is 1.96 bits per heavy atom. The summed E-state index contributed by atoms with van der Waals surface area (Å²) < 4.78 is 11.1. The van der Waals surface area contributed by atoms with Gasteiger partial charge in [0.05, 0.1) is 12.7 Å². The molecule has 0 amide bonds. The molecule has 2 aliphatic rings. The van der Waals surface area contributed by atoms with E-state index in [1.807, 2.05) is 0 Å². The summed E-state index contributed by atoms with van der Waals surface area (Å²) in [4.78, 5) is 7.30. The molecule has 27 heavy (non-hydrogen) atoms. The van der Waals surface area contributed by atoms with Gasteiger partial charge in [-0.05, 0) is 57.4 Å². The average molecular weight is 383 g/mol. The predicted octanol–water partition coefficient (Wildman–Crippen LogP) is 2.50. The number of hydrogen-bond acceptors (Lipinski definition) is 4. The molecule has 0 radical (unpaired) electrons. The van der Waals surface area contributed by atoms with Crippen LogP contribution in [0.4, 0.5) is 0 Å². The highest BCUT2D eigenvalue weighted by atomic mass is 16.5. The number of guanidine groups is 1. The van der Waals surface area contributed by atoms with Crippen molar-refractivity contribution >= 4 is 5.96 Å². The summed E-state index contributed by atoms with van der Waals surface area (Å²) in [7, 11) is 0. The number of nitrogens with one attached hydrogen (secondary N) is 2. The smallest absolute Gasteiger partial charge is 0.191 e. The summed E-state index contributed by atoms with van der Waals surface area (Å²) in [5, 5.41) is 6.80. The van der Waals surface area contributed by atoms with Crippen LogP contribution in [0.5, 0.6) is 0 Å². The van der Waals surface area contributed by atoms with Gasteiger partial charge in [0.1, 0.15) is 0 Å². The van der Waals surface area contributed by atoms with Crippen molar-refractivity contribution < 1.29 is 9.47 Å². The molecule has 0 aromatic carbocycles. The Hall–Kier alpha value is -0.850. The van der Waals surface area contributed by atoms with E-state index in [9.17, 15) is 0 Å². The first-order valence-electron chi connectivity index (χ1n) is 11.1. The van der Waals surface area contributed by atoms with E-state index in [-0.39, 0.29) is 0 Å². The van der Waals surface area contributed by atoms with Crippen LogP contribution in [0.1, 0.15) is 52.9 Å². The topological polar surface area (TPSA) is 58.1 Å². The average Bonchev–Trinajstić information content (AvgIpc) is 3.13. The normalized spacial score (nSPS) is 27.1. The van der Waals surface area contributed by atoms with E-state index in [2.05, 4.69) is 41.3 Å². The zero-order valence-electron chi connectivity index (χ0n) is 17.8. The van der Waals surface area contributed by atoms with Gasteiger partial charge in [-0.15, -0.1) is 0 Å². The second-order valence-electron chi connectivity index (χ2n) is 8.31. The quantitative estimate of drug-likeness (QED) is 0.327. The summed E-state index contributed by atoms with van der Waals surface area (Å²) >= 11 is 0. The first-order chi connectivity index (χ1) is 13.2. The zero-order valence-corrected chi connectivity index (χ0v) is 17.8. The van der Waals surface area contributed by atoms with Gasteiger partial charge in [0.15, 0.2) is 5.96 Å². The molecule has 6 heteroatoms. The van der Waals surface area contributed by atoms with Crippen LogP contribution < -0.4 is 10.6 Å². The number of nitrogens with zero attached hydrogens (tertiary/aromatic N) is 2. The van der Waals surface area contributed by atoms with Crippen molar-refractivity contribution in [3.63, 3.8) is 0 Å². The number of aliphatic imine (C=N–C) groups is 1. The number of unbranched alkanes of at least 4 members (excludes halogenated alkanes) is 1. The SMILES string of the molecule is CCNC(=NCCCOC1CCOC1)NCCCCN1CC(C)CC(C)C1. The second-order valence-corrected chi connectivity index (χ2v) is 8.31. The third kappa shape index (κ3) is 9.77. The summed E-state index contributed by atoms with van der Waals surface area (Å²) in [5.74, 6) is 2.64. The molecule has 2 N–H and O–H groups in total. The van der Waals surface area contributed by atoms with E-state index in [0.717, 1.165) is 70.1 Å². The van der Waals surface area contributed by atoms with Crippen LogP contribution >= 0.6 is 0 Å². The Labute approximate surface area is 166 Å². The molecule has 2 saturated heterocycles. The Morgan fingerprint density at radius 3 is 2.67 bits per heavy atom. The van der Waals surface area contributed by atoms with Crippen molar-refractivity contribution in [2.24, 2.45) is 16.8 Å². The molecular formula is C21H42N4O2. The molecule has 3 atom stereocenters. The fourth-order valence-electron chi connectivity index (χ4n) is 4.13. The number of hydrogen-bond donors (Lipinski definition) is 2. The predicted molar refractivity (Wildman–Crippen MR) is 112 cm³/mol. The maximum absolute atomic E-state index is 5.79. The second kappa shape index (κ2) is 13.3. The van der Waals surface area contributed by atoms with Gasteiger partial charge in [0.25, 0.3) is 0 Å². The molecule has 2 fully saturated rings. The van der Waals surface area contributed by atoms with Crippen molar-refractivity contribution in [1.29, 1.82) is 0 Å². The fourth-order valence-corrected chi connectivity index (χ4v) is 4.13. The third-order valence-corrected chi connectivity index (χ3v) is 5.30. The van der Waals surface area contributed by atoms with Crippen LogP contribution in [0.3, 0.4) is 0 Å². The summed E-state index contributed by atoms with van der Waals surface area (Å²) in [6, 6.07) is 0. The summed E-state index contributed by atoms with van der Waals surface area (Å²) in [5.41, 5.74) is 0. The number of rotatable bonds is 11. The number of ether oxygens (including phenoxy) is 2. The molecule has 2 heterocycles. The molecular weight excluding hydrogens is 340 g/mol. The Morgan fingerprint density at radius 1 is 1.15 bits per heavy atom. The highest BCUT2D eigenvalue weighted by molar-refractivity contribution is 5.79. The molecule has 158 valence electrons. The Kier molecular flexibility index (Phi) is 11.1. The standard InChI is InChI=1S/C21H42N4O2/c1-4-22-21(24-10-7-12-27-20-8-13-26-17-20)23-9-5-6-11-25-15-18(2)14-19(3)16-25/h18-20H,4-17H2,1-3H3,(H2,22,23,24). The lowest BCUT2D eigenvalue weighted by Gasteiger charge is -2.34. The van der Waals surface area contributed by atoms with Crippen molar-refractivity contribution in [1.82, 2.24) is 15.5 Å². The van der Waals surface area contributed by atoms with E-state index in [0.29, 0.717) is 6.10 Å². The highest BCUT2D eigenvalue weighted by Crippen LogP contribution is 2.20. The van der Waals surface area contributed by atoms with E-state index < -0.39 is 0 Å². The fraction of sp³-hybridized carbons (Fsp3) is 0.952. The van der Waals surface area contributed by atoms with Gasteiger partial charge in [-0.1, -0.05) is 13.8 Å². The number of piperidine rings is 1. The van der Waals surface area contributed by atoms with Crippen molar-refractivity contribution in [2.45, 2.75) is 59.0 Å². The van der Waals surface area contributed by atoms with Crippen LogP contribution in [0.25, 0.3) is 0 Å². The maximum atomic E-state index is 5.79. The van der Waals surface area contributed by atoms with Gasteiger partial charge in [0.2, 0.25) is 0 Å². The lowest BCUT2D eigenvalue weighted by Crippen LogP contribution is -2.40. The van der Waals surface area contributed by atoms with E-state index in [1.165, 1.54) is 38.9 Å². The molecule has 3 unspecified atom stereocenters. The van der Waals surface area contributed by atoms with Crippen LogP contribution in [-0.2, 0) is 9.47 Å². The van der Waals surface area contributed by atoms with Gasteiger partial charge < -0.3 is 25.0 Å². The van der Waals surface area contributed by atoms with Crippen molar-refractivity contribution in [3.8, 4) is 0 Å². The molecule has 0 aromatic heterocycles. The van der Waals surface area contributed by atoms with Crippen molar-refractivity contribution in [3.05, 3.63) is 0 Å². The summed E-state index contributed by atoms with van der Waals surface area (Å²) in [6.45, 7) is 15.7. The Bertz CT molecular complexity index is 403. The maximum Gasteiger partial charge on any atom is 0.191 e. The molecule has 0 saturated carbocycles. The lowest BCUT2D eigenvalue weighted by atomic mass is 9.92. The van der Waals surface area contributed by atoms with Crippen LogP contribution in [0.2, 0.25) is 0 Å². The van der Waals surface area contributed by atoms with Gasteiger partial charge in [0, 0.05) is 45.9 Å². The molecule has 0 spiro atoms. The minimum absolute atomic E-state index is 0.297. The van der Waals surface area contributed by atoms with E-state index in [1.54, 1.807) is 0 Å². The van der Waals surface area contributed by atoms with Gasteiger partial charge in [-0.3, -0.25) is 4.99 Å².